The average Bonchev–Trinajstić information content (AvgIpc) is 2.48. The Labute approximate surface area is 123 Å². The second-order valence-corrected chi connectivity index (χ2v) is 4.73. The van der Waals surface area contributed by atoms with Gasteiger partial charge in [0.05, 0.1) is 20.6 Å². The molecule has 0 saturated heterocycles. The quantitative estimate of drug-likeness (QED) is 0.805. The summed E-state index contributed by atoms with van der Waals surface area (Å²) in [7, 11) is 2.98. The molecule has 0 heterocycles. The van der Waals surface area contributed by atoms with Crippen LogP contribution in [0.1, 0.15) is 5.56 Å². The highest BCUT2D eigenvalue weighted by Gasteiger charge is 2.09. The Morgan fingerprint density at radius 2 is 1.80 bits per heavy atom. The maximum Gasteiger partial charge on any atom is 0.309 e. The second kappa shape index (κ2) is 6.44. The van der Waals surface area contributed by atoms with E-state index in [0.29, 0.717) is 10.8 Å². The lowest BCUT2D eigenvalue weighted by molar-refractivity contribution is -0.139. The van der Waals surface area contributed by atoms with Gasteiger partial charge in [0.2, 0.25) is 0 Å². The minimum absolute atomic E-state index is 0.230. The van der Waals surface area contributed by atoms with Gasteiger partial charge in [0, 0.05) is 10.6 Å². The van der Waals surface area contributed by atoms with Gasteiger partial charge >= 0.3 is 5.97 Å². The van der Waals surface area contributed by atoms with Crippen LogP contribution < -0.4 is 4.74 Å². The Morgan fingerprint density at radius 3 is 2.40 bits per heavy atom. The number of halogens is 1. The molecule has 0 bridgehead atoms. The van der Waals surface area contributed by atoms with Crippen LogP contribution in [0.4, 0.5) is 0 Å². The van der Waals surface area contributed by atoms with Crippen molar-refractivity contribution in [3.8, 4) is 16.9 Å². The van der Waals surface area contributed by atoms with Crippen molar-refractivity contribution in [1.82, 2.24) is 0 Å². The Balaban J connectivity index is 2.35. The fourth-order valence-corrected chi connectivity index (χ4v) is 2.08. The first-order valence-corrected chi connectivity index (χ1v) is 6.51. The lowest BCUT2D eigenvalue weighted by atomic mass is 10.0. The van der Waals surface area contributed by atoms with Crippen molar-refractivity contribution in [2.75, 3.05) is 14.2 Å². The Bertz CT molecular complexity index is 606. The summed E-state index contributed by atoms with van der Waals surface area (Å²) < 4.78 is 10.1. The van der Waals surface area contributed by atoms with Crippen LogP contribution in [0.3, 0.4) is 0 Å². The molecule has 2 aromatic carbocycles. The Hall–Kier alpha value is -2.00. The molecule has 0 radical (unpaired) electrons. The van der Waals surface area contributed by atoms with Gasteiger partial charge in [-0.1, -0.05) is 35.9 Å². The molecule has 3 nitrogen and oxygen atoms in total. The van der Waals surface area contributed by atoms with Gasteiger partial charge in [-0.2, -0.15) is 0 Å². The summed E-state index contributed by atoms with van der Waals surface area (Å²) in [5.74, 6) is 0.444. The molecular formula is C16H15ClO3. The fourth-order valence-electron chi connectivity index (χ4n) is 1.95. The molecule has 0 atom stereocenters. The van der Waals surface area contributed by atoms with Crippen LogP contribution in [0, 0.1) is 0 Å². The summed E-state index contributed by atoms with van der Waals surface area (Å²) in [6.07, 6.45) is 0.230. The number of benzene rings is 2. The number of hydrogen-bond donors (Lipinski definition) is 0. The third-order valence-electron chi connectivity index (χ3n) is 3.00. The van der Waals surface area contributed by atoms with Crippen molar-refractivity contribution in [1.29, 1.82) is 0 Å². The van der Waals surface area contributed by atoms with Gasteiger partial charge in [0.25, 0.3) is 0 Å². The van der Waals surface area contributed by atoms with E-state index in [1.54, 1.807) is 7.11 Å². The van der Waals surface area contributed by atoms with Crippen molar-refractivity contribution in [2.45, 2.75) is 6.42 Å². The number of carbonyl (C=O) groups excluding carboxylic acids is 1. The van der Waals surface area contributed by atoms with Gasteiger partial charge in [0.15, 0.2) is 0 Å². The van der Waals surface area contributed by atoms with Gasteiger partial charge in [-0.3, -0.25) is 4.79 Å². The molecule has 104 valence electrons. The number of methoxy groups -OCH3 is 2. The van der Waals surface area contributed by atoms with Crippen molar-refractivity contribution >= 4 is 17.6 Å². The summed E-state index contributed by atoms with van der Waals surface area (Å²) in [4.78, 5) is 11.3. The summed E-state index contributed by atoms with van der Waals surface area (Å²) in [5, 5.41) is 0.690. The predicted octanol–water partition coefficient (Wildman–Crippen LogP) is 3.73. The SMILES string of the molecule is COC(=O)Cc1ccc(-c2ccc(Cl)cc2)c(OC)c1. The molecule has 0 unspecified atom stereocenters. The normalized spacial score (nSPS) is 10.2. The van der Waals surface area contributed by atoms with Gasteiger partial charge in [0.1, 0.15) is 5.75 Å². The zero-order valence-electron chi connectivity index (χ0n) is 11.4. The molecule has 0 aliphatic carbocycles. The van der Waals surface area contributed by atoms with E-state index in [2.05, 4.69) is 4.74 Å². The highest BCUT2D eigenvalue weighted by molar-refractivity contribution is 6.30. The zero-order chi connectivity index (χ0) is 14.5. The molecule has 20 heavy (non-hydrogen) atoms. The number of carbonyl (C=O) groups is 1. The number of esters is 1. The highest BCUT2D eigenvalue weighted by Crippen LogP contribution is 2.31. The summed E-state index contributed by atoms with van der Waals surface area (Å²) in [6.45, 7) is 0. The maximum atomic E-state index is 11.3. The average molecular weight is 291 g/mol. The van der Waals surface area contributed by atoms with Crippen LogP contribution in [0.15, 0.2) is 42.5 Å². The van der Waals surface area contributed by atoms with Crippen molar-refractivity contribution in [3.05, 3.63) is 53.1 Å². The minimum atomic E-state index is -0.272. The third-order valence-corrected chi connectivity index (χ3v) is 3.25. The fraction of sp³-hybridized carbons (Fsp3) is 0.188. The van der Waals surface area contributed by atoms with Crippen molar-refractivity contribution < 1.29 is 14.3 Å². The monoisotopic (exact) mass is 290 g/mol. The molecule has 0 amide bonds. The first kappa shape index (κ1) is 14.4. The molecule has 0 saturated carbocycles. The van der Waals surface area contributed by atoms with Gasteiger partial charge in [-0.25, -0.2) is 0 Å². The van der Waals surface area contributed by atoms with Gasteiger partial charge in [-0.05, 0) is 29.3 Å². The van der Waals surface area contributed by atoms with E-state index in [4.69, 9.17) is 16.3 Å². The molecule has 0 spiro atoms. The second-order valence-electron chi connectivity index (χ2n) is 4.29. The van der Waals surface area contributed by atoms with Crippen LogP contribution >= 0.6 is 11.6 Å². The highest BCUT2D eigenvalue weighted by atomic mass is 35.5. The summed E-state index contributed by atoms with van der Waals surface area (Å²) in [5.41, 5.74) is 2.82. The van der Waals surface area contributed by atoms with E-state index >= 15 is 0 Å². The smallest absolute Gasteiger partial charge is 0.309 e. The molecular weight excluding hydrogens is 276 g/mol. The first-order valence-electron chi connectivity index (χ1n) is 6.13. The van der Waals surface area contributed by atoms with E-state index in [0.717, 1.165) is 16.7 Å². The van der Waals surface area contributed by atoms with Crippen molar-refractivity contribution in [3.63, 3.8) is 0 Å². The molecule has 2 aromatic rings. The molecule has 0 aromatic heterocycles. The lowest BCUT2D eigenvalue weighted by Gasteiger charge is -2.11. The summed E-state index contributed by atoms with van der Waals surface area (Å²) >= 11 is 5.89. The van der Waals surface area contributed by atoms with Crippen molar-refractivity contribution in [2.24, 2.45) is 0 Å². The largest absolute Gasteiger partial charge is 0.496 e. The molecule has 2 rings (SSSR count). The summed E-state index contributed by atoms with van der Waals surface area (Å²) in [6, 6.07) is 13.2. The van der Waals surface area contributed by atoms with E-state index < -0.39 is 0 Å². The molecule has 0 aliphatic rings. The Morgan fingerprint density at radius 1 is 1.10 bits per heavy atom. The van der Waals surface area contributed by atoms with Crippen LogP contribution in [-0.2, 0) is 16.0 Å². The third kappa shape index (κ3) is 3.31. The van der Waals surface area contributed by atoms with Crippen LogP contribution in [0.25, 0.3) is 11.1 Å². The van der Waals surface area contributed by atoms with E-state index in [9.17, 15) is 4.79 Å². The van der Waals surface area contributed by atoms with Crippen LogP contribution in [-0.4, -0.2) is 20.2 Å². The zero-order valence-corrected chi connectivity index (χ0v) is 12.1. The van der Waals surface area contributed by atoms with Gasteiger partial charge in [-0.15, -0.1) is 0 Å². The standard InChI is InChI=1S/C16H15ClO3/c1-19-15-9-11(10-16(18)20-2)3-8-14(15)12-4-6-13(17)7-5-12/h3-9H,10H2,1-2H3. The predicted molar refractivity (Wildman–Crippen MR) is 79.2 cm³/mol. The Kier molecular flexibility index (Phi) is 4.64. The topological polar surface area (TPSA) is 35.5 Å². The molecule has 0 fully saturated rings. The van der Waals surface area contributed by atoms with Crippen LogP contribution in [0.2, 0.25) is 5.02 Å². The molecule has 4 heteroatoms. The van der Waals surface area contributed by atoms with E-state index in [1.165, 1.54) is 7.11 Å². The maximum absolute atomic E-state index is 11.3. The minimum Gasteiger partial charge on any atom is -0.496 e. The number of rotatable bonds is 4. The number of ether oxygens (including phenoxy) is 2. The van der Waals surface area contributed by atoms with E-state index in [-0.39, 0.29) is 12.4 Å². The lowest BCUT2D eigenvalue weighted by Crippen LogP contribution is -2.04. The van der Waals surface area contributed by atoms with E-state index in [1.807, 2.05) is 42.5 Å². The van der Waals surface area contributed by atoms with Crippen LogP contribution in [0.5, 0.6) is 5.75 Å². The molecule has 0 aliphatic heterocycles. The molecule has 0 N–H and O–H groups in total. The first-order chi connectivity index (χ1) is 9.63. The van der Waals surface area contributed by atoms with Gasteiger partial charge < -0.3 is 9.47 Å². The number of hydrogen-bond acceptors (Lipinski definition) is 3.